The quantitative estimate of drug-likeness (QED) is 0.356. The Morgan fingerprint density at radius 3 is 2.69 bits per heavy atom. The number of hydrogen-bond donors (Lipinski definition) is 3. The van der Waals surface area contributed by atoms with E-state index in [-0.39, 0.29) is 11.8 Å². The number of carbonyl (C=O) groups is 1. The van der Waals surface area contributed by atoms with Crippen molar-refractivity contribution in [1.82, 2.24) is 5.32 Å². The van der Waals surface area contributed by atoms with Gasteiger partial charge in [0, 0.05) is 6.42 Å². The summed E-state index contributed by atoms with van der Waals surface area (Å²) in [7, 11) is 0. The molecule has 0 atom stereocenters. The SMILES string of the molecule is CCC(N)=[NH+]C(=O)C1CCNCC1. The third kappa shape index (κ3) is 3.14. The molecular weight excluding hydrogens is 166 g/mol. The lowest BCUT2D eigenvalue weighted by Crippen LogP contribution is -2.81. The molecule has 1 aliphatic rings. The van der Waals surface area contributed by atoms with E-state index in [1.165, 1.54) is 0 Å². The molecule has 0 aromatic rings. The molecule has 1 rings (SSSR count). The molecule has 1 saturated heterocycles. The van der Waals surface area contributed by atoms with Crippen LogP contribution < -0.4 is 16.0 Å². The van der Waals surface area contributed by atoms with Crippen LogP contribution in [0.2, 0.25) is 0 Å². The summed E-state index contributed by atoms with van der Waals surface area (Å²) in [5, 5.41) is 3.22. The molecule has 0 bridgehead atoms. The predicted octanol–water partition coefficient (Wildman–Crippen LogP) is -1.64. The molecule has 4 nitrogen and oxygen atoms in total. The van der Waals surface area contributed by atoms with Crippen molar-refractivity contribution in [3.8, 4) is 0 Å². The Labute approximate surface area is 78.6 Å². The largest absolute Gasteiger partial charge is 0.317 e. The smallest absolute Gasteiger partial charge is 0.310 e. The van der Waals surface area contributed by atoms with Gasteiger partial charge in [-0.15, -0.1) is 0 Å². The van der Waals surface area contributed by atoms with Crippen LogP contribution >= 0.6 is 0 Å². The fourth-order valence-electron chi connectivity index (χ4n) is 1.43. The second-order valence-electron chi connectivity index (χ2n) is 3.39. The van der Waals surface area contributed by atoms with Gasteiger partial charge < -0.3 is 5.32 Å². The van der Waals surface area contributed by atoms with Crippen molar-refractivity contribution < 1.29 is 9.79 Å². The Kier molecular flexibility index (Phi) is 3.89. The molecule has 0 aromatic carbocycles. The van der Waals surface area contributed by atoms with Crippen LogP contribution in [0.3, 0.4) is 0 Å². The summed E-state index contributed by atoms with van der Waals surface area (Å²) in [6.45, 7) is 3.80. The van der Waals surface area contributed by atoms with E-state index in [0.29, 0.717) is 12.3 Å². The van der Waals surface area contributed by atoms with E-state index in [9.17, 15) is 4.79 Å². The van der Waals surface area contributed by atoms with E-state index in [2.05, 4.69) is 10.3 Å². The summed E-state index contributed by atoms with van der Waals surface area (Å²) >= 11 is 0. The molecule has 1 fully saturated rings. The predicted molar refractivity (Wildman–Crippen MR) is 51.0 cm³/mol. The summed E-state index contributed by atoms with van der Waals surface area (Å²) in [5.41, 5.74) is 5.55. The molecule has 0 saturated carbocycles. The van der Waals surface area contributed by atoms with Crippen LogP contribution in [-0.4, -0.2) is 24.8 Å². The van der Waals surface area contributed by atoms with E-state index in [4.69, 9.17) is 5.73 Å². The van der Waals surface area contributed by atoms with Gasteiger partial charge in [0.2, 0.25) is 5.84 Å². The van der Waals surface area contributed by atoms with Crippen LogP contribution in [0.1, 0.15) is 26.2 Å². The Hall–Kier alpha value is -0.900. The molecule has 0 radical (unpaired) electrons. The number of piperidine rings is 1. The maximum Gasteiger partial charge on any atom is 0.310 e. The fourth-order valence-corrected chi connectivity index (χ4v) is 1.43. The maximum absolute atomic E-state index is 11.5. The molecule has 0 aliphatic carbocycles. The molecule has 74 valence electrons. The van der Waals surface area contributed by atoms with E-state index in [1.54, 1.807) is 0 Å². The zero-order chi connectivity index (χ0) is 9.68. The third-order valence-electron chi connectivity index (χ3n) is 2.37. The zero-order valence-electron chi connectivity index (χ0n) is 8.10. The van der Waals surface area contributed by atoms with Gasteiger partial charge in [-0.1, -0.05) is 6.92 Å². The van der Waals surface area contributed by atoms with Crippen molar-refractivity contribution in [3.63, 3.8) is 0 Å². The molecule has 0 unspecified atom stereocenters. The lowest BCUT2D eigenvalue weighted by molar-refractivity contribution is -0.385. The van der Waals surface area contributed by atoms with Crippen molar-refractivity contribution in [2.75, 3.05) is 13.1 Å². The van der Waals surface area contributed by atoms with Crippen molar-refractivity contribution in [3.05, 3.63) is 0 Å². The van der Waals surface area contributed by atoms with Crippen molar-refractivity contribution >= 4 is 11.7 Å². The average molecular weight is 184 g/mol. The Balaban J connectivity index is 2.46. The van der Waals surface area contributed by atoms with E-state index >= 15 is 0 Å². The topological polar surface area (TPSA) is 69.1 Å². The van der Waals surface area contributed by atoms with Crippen LogP contribution in [0.25, 0.3) is 0 Å². The molecule has 0 spiro atoms. The molecule has 4 heteroatoms. The number of amides is 1. The van der Waals surface area contributed by atoms with E-state index < -0.39 is 0 Å². The van der Waals surface area contributed by atoms with Crippen LogP contribution in [0.15, 0.2) is 0 Å². The Bertz CT molecular complexity index is 207. The number of hydrogen-bond acceptors (Lipinski definition) is 2. The standard InChI is InChI=1S/C9H17N3O/c1-2-8(10)12-9(13)7-3-5-11-6-4-7/h7,11H,2-6H2,1H3,(H2,10,12,13)/p+1. The summed E-state index contributed by atoms with van der Waals surface area (Å²) in [6.07, 6.45) is 2.54. The van der Waals surface area contributed by atoms with Crippen LogP contribution in [0.4, 0.5) is 0 Å². The third-order valence-corrected chi connectivity index (χ3v) is 2.37. The first-order chi connectivity index (χ1) is 6.24. The molecule has 0 aromatic heterocycles. The van der Waals surface area contributed by atoms with Crippen molar-refractivity contribution in [2.24, 2.45) is 11.7 Å². The minimum Gasteiger partial charge on any atom is -0.317 e. The molecule has 4 N–H and O–H groups in total. The first kappa shape index (κ1) is 10.2. The number of nitrogens with two attached hydrogens (primary N) is 1. The van der Waals surface area contributed by atoms with E-state index in [1.807, 2.05) is 6.92 Å². The zero-order valence-corrected chi connectivity index (χ0v) is 8.10. The van der Waals surface area contributed by atoms with Gasteiger partial charge in [-0.25, -0.2) is 9.79 Å². The van der Waals surface area contributed by atoms with Gasteiger partial charge in [-0.05, 0) is 25.9 Å². The minimum atomic E-state index is 0.0841. The monoisotopic (exact) mass is 184 g/mol. The normalized spacial score (nSPS) is 20.2. The van der Waals surface area contributed by atoms with Gasteiger partial charge >= 0.3 is 5.91 Å². The highest BCUT2D eigenvalue weighted by Gasteiger charge is 2.22. The molecule has 1 heterocycles. The Morgan fingerprint density at radius 1 is 1.54 bits per heavy atom. The highest BCUT2D eigenvalue weighted by molar-refractivity contribution is 5.80. The summed E-state index contributed by atoms with van der Waals surface area (Å²) in [4.78, 5) is 14.3. The fraction of sp³-hybridized carbons (Fsp3) is 0.778. The second-order valence-corrected chi connectivity index (χ2v) is 3.39. The van der Waals surface area contributed by atoms with Gasteiger partial charge in [0.05, 0.1) is 5.92 Å². The Morgan fingerprint density at radius 2 is 2.15 bits per heavy atom. The highest BCUT2D eigenvalue weighted by Crippen LogP contribution is 2.08. The first-order valence-electron chi connectivity index (χ1n) is 4.87. The molecule has 1 amide bonds. The average Bonchev–Trinajstić information content (AvgIpc) is 2.19. The summed E-state index contributed by atoms with van der Waals surface area (Å²) in [6, 6.07) is 0. The molecule has 13 heavy (non-hydrogen) atoms. The number of carbonyl (C=O) groups excluding carboxylic acids is 1. The lowest BCUT2D eigenvalue weighted by atomic mass is 9.97. The number of rotatable bonds is 2. The maximum atomic E-state index is 11.5. The first-order valence-corrected chi connectivity index (χ1v) is 4.87. The van der Waals surface area contributed by atoms with Crippen LogP contribution in [-0.2, 0) is 4.79 Å². The number of amidine groups is 1. The number of nitrogens with one attached hydrogen (secondary N) is 2. The summed E-state index contributed by atoms with van der Waals surface area (Å²) in [5.74, 6) is 0.802. The van der Waals surface area contributed by atoms with Gasteiger partial charge in [-0.3, -0.25) is 5.73 Å². The minimum absolute atomic E-state index is 0.0841. The molecule has 1 aliphatic heterocycles. The van der Waals surface area contributed by atoms with Crippen LogP contribution in [0, 0.1) is 5.92 Å². The second kappa shape index (κ2) is 4.97. The van der Waals surface area contributed by atoms with Gasteiger partial charge in [0.15, 0.2) is 0 Å². The van der Waals surface area contributed by atoms with Crippen LogP contribution in [0.5, 0.6) is 0 Å². The van der Waals surface area contributed by atoms with Crippen molar-refractivity contribution in [1.29, 1.82) is 0 Å². The highest BCUT2D eigenvalue weighted by atomic mass is 16.1. The summed E-state index contributed by atoms with van der Waals surface area (Å²) < 4.78 is 0. The van der Waals surface area contributed by atoms with Crippen molar-refractivity contribution in [2.45, 2.75) is 26.2 Å². The van der Waals surface area contributed by atoms with E-state index in [0.717, 1.165) is 25.9 Å². The van der Waals surface area contributed by atoms with Gasteiger partial charge in [0.1, 0.15) is 0 Å². The van der Waals surface area contributed by atoms with Gasteiger partial charge in [0.25, 0.3) is 0 Å². The lowest BCUT2D eigenvalue weighted by Gasteiger charge is -2.18. The molecular formula is C9H18N3O+. The van der Waals surface area contributed by atoms with Gasteiger partial charge in [-0.2, -0.15) is 0 Å².